The van der Waals surface area contributed by atoms with E-state index in [1.165, 1.54) is 0 Å². The van der Waals surface area contributed by atoms with Crippen LogP contribution in [0.2, 0.25) is 0 Å². The van der Waals surface area contributed by atoms with Crippen LogP contribution in [0.15, 0.2) is 0 Å². The lowest BCUT2D eigenvalue weighted by Crippen LogP contribution is -2.50. The molecule has 1 aliphatic heterocycles. The maximum atomic E-state index is 12.2. The third-order valence-corrected chi connectivity index (χ3v) is 3.76. The van der Waals surface area contributed by atoms with Crippen molar-refractivity contribution in [2.75, 3.05) is 26.2 Å². The van der Waals surface area contributed by atoms with Gasteiger partial charge in [-0.25, -0.2) is 4.98 Å². The Labute approximate surface area is 135 Å². The number of amides is 2. The van der Waals surface area contributed by atoms with E-state index in [9.17, 15) is 9.59 Å². The van der Waals surface area contributed by atoms with Gasteiger partial charge in [0.1, 0.15) is 11.9 Å². The molecule has 0 bridgehead atoms. The highest BCUT2D eigenvalue weighted by Crippen LogP contribution is 2.18. The van der Waals surface area contributed by atoms with Gasteiger partial charge in [0, 0.05) is 6.54 Å². The standard InChI is InChI=1S/C14H24N6O3/c1-8(2)12(15)14(22)16-6-11(21)20-4-5-23-10(7-20)13-17-9(3)18-19-13/h8,10,12H,4-7,15H2,1-3H3,(H,16,22)(H,17,18,19)/t10?,12-/m0/s1. The van der Waals surface area contributed by atoms with Crippen LogP contribution < -0.4 is 11.1 Å². The van der Waals surface area contributed by atoms with E-state index in [-0.39, 0.29) is 30.4 Å². The van der Waals surface area contributed by atoms with Crippen molar-refractivity contribution in [3.63, 3.8) is 0 Å². The van der Waals surface area contributed by atoms with Crippen molar-refractivity contribution >= 4 is 11.8 Å². The van der Waals surface area contributed by atoms with Gasteiger partial charge in [-0.15, -0.1) is 0 Å². The largest absolute Gasteiger partial charge is 0.366 e. The van der Waals surface area contributed by atoms with E-state index in [1.807, 2.05) is 13.8 Å². The molecule has 2 atom stereocenters. The number of aryl methyl sites for hydroxylation is 1. The Morgan fingerprint density at radius 1 is 1.52 bits per heavy atom. The van der Waals surface area contributed by atoms with Crippen molar-refractivity contribution in [2.45, 2.75) is 32.9 Å². The summed E-state index contributed by atoms with van der Waals surface area (Å²) in [5.74, 6) is 0.761. The molecule has 0 saturated carbocycles. The summed E-state index contributed by atoms with van der Waals surface area (Å²) >= 11 is 0. The number of rotatable bonds is 5. The van der Waals surface area contributed by atoms with Crippen LogP contribution in [0.4, 0.5) is 0 Å². The fourth-order valence-electron chi connectivity index (χ4n) is 2.23. The summed E-state index contributed by atoms with van der Waals surface area (Å²) < 4.78 is 5.61. The van der Waals surface area contributed by atoms with Gasteiger partial charge in [-0.05, 0) is 12.8 Å². The summed E-state index contributed by atoms with van der Waals surface area (Å²) in [4.78, 5) is 29.9. The molecule has 1 saturated heterocycles. The first-order valence-corrected chi connectivity index (χ1v) is 7.70. The number of hydrogen-bond donors (Lipinski definition) is 3. The van der Waals surface area contributed by atoms with Crippen molar-refractivity contribution < 1.29 is 14.3 Å². The number of aromatic amines is 1. The zero-order valence-corrected chi connectivity index (χ0v) is 13.7. The molecule has 2 rings (SSSR count). The van der Waals surface area contributed by atoms with Gasteiger partial charge in [-0.1, -0.05) is 13.8 Å². The number of morpholine rings is 1. The lowest BCUT2D eigenvalue weighted by atomic mass is 10.1. The zero-order chi connectivity index (χ0) is 17.0. The minimum atomic E-state index is -0.614. The number of carbonyl (C=O) groups excluding carboxylic acids is 2. The second-order valence-corrected chi connectivity index (χ2v) is 5.97. The zero-order valence-electron chi connectivity index (χ0n) is 13.7. The Kier molecular flexibility index (Phi) is 5.67. The molecule has 1 aliphatic rings. The van der Waals surface area contributed by atoms with Gasteiger partial charge >= 0.3 is 0 Å². The van der Waals surface area contributed by atoms with Gasteiger partial charge < -0.3 is 20.7 Å². The quantitative estimate of drug-likeness (QED) is 0.645. The molecule has 1 unspecified atom stereocenters. The number of hydrogen-bond acceptors (Lipinski definition) is 6. The molecule has 1 fully saturated rings. The summed E-state index contributed by atoms with van der Waals surface area (Å²) in [6.45, 7) is 6.69. The predicted molar refractivity (Wildman–Crippen MR) is 82.2 cm³/mol. The first-order chi connectivity index (χ1) is 10.9. The number of ether oxygens (including phenoxy) is 1. The maximum absolute atomic E-state index is 12.2. The van der Waals surface area contributed by atoms with Crippen molar-refractivity contribution in [3.05, 3.63) is 11.6 Å². The molecule has 2 heterocycles. The Bertz CT molecular complexity index is 558. The maximum Gasteiger partial charge on any atom is 0.242 e. The lowest BCUT2D eigenvalue weighted by Gasteiger charge is -2.31. The van der Waals surface area contributed by atoms with Gasteiger partial charge in [0.05, 0.1) is 25.7 Å². The smallest absolute Gasteiger partial charge is 0.242 e. The van der Waals surface area contributed by atoms with E-state index in [4.69, 9.17) is 10.5 Å². The van der Waals surface area contributed by atoms with E-state index in [1.54, 1.807) is 11.8 Å². The Hall–Kier alpha value is -2.00. The highest BCUT2D eigenvalue weighted by atomic mass is 16.5. The van der Waals surface area contributed by atoms with Gasteiger partial charge in [-0.2, -0.15) is 5.10 Å². The van der Waals surface area contributed by atoms with Crippen molar-refractivity contribution in [1.82, 2.24) is 25.4 Å². The van der Waals surface area contributed by atoms with E-state index in [0.29, 0.717) is 31.3 Å². The molecular weight excluding hydrogens is 300 g/mol. The van der Waals surface area contributed by atoms with Gasteiger partial charge in [0.15, 0.2) is 5.82 Å². The number of carbonyl (C=O) groups is 2. The average molecular weight is 324 g/mol. The third kappa shape index (κ3) is 4.49. The van der Waals surface area contributed by atoms with Crippen molar-refractivity contribution in [1.29, 1.82) is 0 Å². The minimum absolute atomic E-state index is 0.0202. The summed E-state index contributed by atoms with van der Waals surface area (Å²) in [6, 6.07) is -0.614. The number of aromatic nitrogens is 3. The van der Waals surface area contributed by atoms with E-state index >= 15 is 0 Å². The number of nitrogens with zero attached hydrogens (tertiary/aromatic N) is 3. The van der Waals surface area contributed by atoms with Gasteiger partial charge in [0.25, 0.3) is 0 Å². The van der Waals surface area contributed by atoms with Crippen molar-refractivity contribution in [3.8, 4) is 0 Å². The molecular formula is C14H24N6O3. The SMILES string of the molecule is Cc1nc(C2CN(C(=O)CNC(=O)[C@@H](N)C(C)C)CCO2)n[nH]1. The molecule has 0 spiro atoms. The Morgan fingerprint density at radius 2 is 2.26 bits per heavy atom. The normalized spacial score (nSPS) is 19.7. The molecule has 0 radical (unpaired) electrons. The minimum Gasteiger partial charge on any atom is -0.366 e. The van der Waals surface area contributed by atoms with Gasteiger partial charge in [-0.3, -0.25) is 14.7 Å². The van der Waals surface area contributed by atoms with E-state index < -0.39 is 6.04 Å². The van der Waals surface area contributed by atoms with Crippen LogP contribution in [0.25, 0.3) is 0 Å². The highest BCUT2D eigenvalue weighted by molar-refractivity contribution is 5.87. The van der Waals surface area contributed by atoms with Crippen LogP contribution in [0.5, 0.6) is 0 Å². The monoisotopic (exact) mass is 324 g/mol. The summed E-state index contributed by atoms with van der Waals surface area (Å²) in [6.07, 6.45) is -0.355. The Balaban J connectivity index is 1.86. The molecule has 9 heteroatoms. The first-order valence-electron chi connectivity index (χ1n) is 7.70. The third-order valence-electron chi connectivity index (χ3n) is 3.76. The molecule has 2 amide bonds. The number of nitrogens with two attached hydrogens (primary N) is 1. The summed E-state index contributed by atoms with van der Waals surface area (Å²) in [7, 11) is 0. The molecule has 1 aromatic rings. The summed E-state index contributed by atoms with van der Waals surface area (Å²) in [5, 5.41) is 9.41. The topological polar surface area (TPSA) is 126 Å². The van der Waals surface area contributed by atoms with Crippen LogP contribution >= 0.6 is 0 Å². The molecule has 4 N–H and O–H groups in total. The first kappa shape index (κ1) is 17.4. The number of H-pyrrole nitrogens is 1. The average Bonchev–Trinajstić information content (AvgIpc) is 2.98. The predicted octanol–water partition coefficient (Wildman–Crippen LogP) is -0.887. The van der Waals surface area contributed by atoms with Crippen LogP contribution in [-0.2, 0) is 14.3 Å². The van der Waals surface area contributed by atoms with Crippen LogP contribution in [0, 0.1) is 12.8 Å². The Morgan fingerprint density at radius 3 is 2.87 bits per heavy atom. The van der Waals surface area contributed by atoms with E-state index in [0.717, 1.165) is 0 Å². The fraction of sp³-hybridized carbons (Fsp3) is 0.714. The second-order valence-electron chi connectivity index (χ2n) is 5.97. The second kappa shape index (κ2) is 7.51. The molecule has 1 aromatic heterocycles. The van der Waals surface area contributed by atoms with Gasteiger partial charge in [0.2, 0.25) is 11.8 Å². The van der Waals surface area contributed by atoms with Crippen molar-refractivity contribution in [2.24, 2.45) is 11.7 Å². The van der Waals surface area contributed by atoms with Crippen LogP contribution in [-0.4, -0.2) is 64.2 Å². The molecule has 9 nitrogen and oxygen atoms in total. The van der Waals surface area contributed by atoms with Crippen LogP contribution in [0.1, 0.15) is 31.6 Å². The highest BCUT2D eigenvalue weighted by Gasteiger charge is 2.28. The molecule has 0 aromatic carbocycles. The molecule has 128 valence electrons. The fourth-order valence-corrected chi connectivity index (χ4v) is 2.23. The van der Waals surface area contributed by atoms with E-state index in [2.05, 4.69) is 20.5 Å². The summed E-state index contributed by atoms with van der Waals surface area (Å²) in [5.41, 5.74) is 5.75. The lowest BCUT2D eigenvalue weighted by molar-refractivity contribution is -0.140. The molecule has 23 heavy (non-hydrogen) atoms. The van der Waals surface area contributed by atoms with Crippen LogP contribution in [0.3, 0.4) is 0 Å². The molecule has 0 aliphatic carbocycles. The number of nitrogens with one attached hydrogen (secondary N) is 2.